The molecule has 0 saturated carbocycles. The van der Waals surface area contributed by atoms with Gasteiger partial charge in [-0.1, -0.05) is 6.07 Å². The fourth-order valence-corrected chi connectivity index (χ4v) is 2.37. The number of esters is 1. The Morgan fingerprint density at radius 1 is 1.52 bits per heavy atom. The number of nitrogens with one attached hydrogen (secondary N) is 2. The third kappa shape index (κ3) is 3.07. The van der Waals surface area contributed by atoms with Crippen molar-refractivity contribution in [1.29, 1.82) is 0 Å². The van der Waals surface area contributed by atoms with E-state index >= 15 is 0 Å². The number of aromatic nitrogens is 1. The van der Waals surface area contributed by atoms with Gasteiger partial charge in [0, 0.05) is 12.4 Å². The molecule has 1 aromatic rings. The zero-order chi connectivity index (χ0) is 17.3. The van der Waals surface area contributed by atoms with E-state index in [0.29, 0.717) is 0 Å². The molecule has 3 N–H and O–H groups in total. The molecule has 0 radical (unpaired) electrons. The number of hydrogen-bond donors (Lipinski definition) is 3. The summed E-state index contributed by atoms with van der Waals surface area (Å²) in [6, 6.07) is 0.0901. The first-order chi connectivity index (χ1) is 10.7. The van der Waals surface area contributed by atoms with Crippen molar-refractivity contribution in [2.24, 2.45) is 5.92 Å². The van der Waals surface area contributed by atoms with Gasteiger partial charge in [-0.15, -0.1) is 0 Å². The average Bonchev–Trinajstić information content (AvgIpc) is 2.46. The lowest BCUT2D eigenvalue weighted by Crippen LogP contribution is -2.73. The number of carbonyl (C=O) groups is 2. The van der Waals surface area contributed by atoms with Crippen LogP contribution in [-0.2, 0) is 9.53 Å². The van der Waals surface area contributed by atoms with Crippen LogP contribution in [0.1, 0.15) is 18.5 Å². The smallest absolute Gasteiger partial charge is 0.437 e. The van der Waals surface area contributed by atoms with E-state index < -0.39 is 35.9 Å². The number of hydrogen-bond acceptors (Lipinski definition) is 5. The number of aliphatic hydroxyl groups is 1. The number of halogens is 3. The summed E-state index contributed by atoms with van der Waals surface area (Å²) >= 11 is 0. The summed E-state index contributed by atoms with van der Waals surface area (Å²) in [6.07, 6.45) is -2.72. The number of carbonyl (C=O) groups excluding carboxylic acids is 2. The van der Waals surface area contributed by atoms with Crippen LogP contribution in [0.15, 0.2) is 24.5 Å². The summed E-state index contributed by atoms with van der Waals surface area (Å²) in [5.74, 6) is -3.43. The van der Waals surface area contributed by atoms with Gasteiger partial charge < -0.3 is 20.5 Å². The Labute approximate surface area is 128 Å². The summed E-state index contributed by atoms with van der Waals surface area (Å²) in [6.45, 7) is 1.23. The van der Waals surface area contributed by atoms with Gasteiger partial charge in [0.1, 0.15) is 5.92 Å². The molecular formula is C13H14F3N3O4. The van der Waals surface area contributed by atoms with Crippen LogP contribution in [0.4, 0.5) is 18.0 Å². The fourth-order valence-electron chi connectivity index (χ4n) is 2.37. The Bertz CT molecular complexity index is 596. The molecule has 126 valence electrons. The Morgan fingerprint density at radius 2 is 2.22 bits per heavy atom. The van der Waals surface area contributed by atoms with Crippen LogP contribution in [0.3, 0.4) is 0 Å². The zero-order valence-electron chi connectivity index (χ0n) is 11.9. The Balaban J connectivity index is 2.54. The number of amides is 2. The van der Waals surface area contributed by atoms with Crippen LogP contribution in [0.2, 0.25) is 0 Å². The van der Waals surface area contributed by atoms with Gasteiger partial charge in [-0.05, 0) is 18.6 Å². The summed E-state index contributed by atoms with van der Waals surface area (Å²) in [5.41, 5.74) is -3.63. The molecule has 23 heavy (non-hydrogen) atoms. The minimum atomic E-state index is -5.29. The molecule has 1 saturated heterocycles. The van der Waals surface area contributed by atoms with Crippen LogP contribution in [0.5, 0.6) is 0 Å². The second kappa shape index (κ2) is 6.03. The number of urea groups is 1. The number of rotatable bonds is 3. The van der Waals surface area contributed by atoms with E-state index in [1.165, 1.54) is 36.8 Å². The van der Waals surface area contributed by atoms with Crippen LogP contribution in [0.25, 0.3) is 0 Å². The molecule has 10 heteroatoms. The standard InChI is InChI=1S/C13H14F3N3O4/c1-2-23-10(20)8-9(7-4-3-5-17-6-7)18-11(21)19-12(8,22)13(14,15)16/h3-6,8-9,22H,2H2,1H3,(H2,18,19,21)/t8-,9-,12+/m1/s1. The minimum Gasteiger partial charge on any atom is -0.466 e. The SMILES string of the molecule is CCOC(=O)[C@H]1[C@@H](c2cccnc2)NC(=O)N[C@@]1(O)C(F)(F)F. The molecule has 0 spiro atoms. The van der Waals surface area contributed by atoms with E-state index in [9.17, 15) is 27.9 Å². The summed E-state index contributed by atoms with van der Waals surface area (Å²) in [7, 11) is 0. The monoisotopic (exact) mass is 333 g/mol. The number of ether oxygens (including phenoxy) is 1. The lowest BCUT2D eigenvalue weighted by atomic mass is 9.82. The fraction of sp³-hybridized carbons (Fsp3) is 0.462. The van der Waals surface area contributed by atoms with Gasteiger partial charge in [0.25, 0.3) is 5.72 Å². The largest absolute Gasteiger partial charge is 0.466 e. The molecule has 2 heterocycles. The average molecular weight is 333 g/mol. The molecule has 0 aliphatic carbocycles. The molecule has 0 bridgehead atoms. The predicted molar refractivity (Wildman–Crippen MR) is 69.8 cm³/mol. The third-order valence-electron chi connectivity index (χ3n) is 3.39. The van der Waals surface area contributed by atoms with Gasteiger partial charge in [-0.3, -0.25) is 9.78 Å². The van der Waals surface area contributed by atoms with Gasteiger partial charge in [-0.25, -0.2) is 4.79 Å². The van der Waals surface area contributed by atoms with Crippen LogP contribution in [-0.4, -0.2) is 40.6 Å². The lowest BCUT2D eigenvalue weighted by molar-refractivity contribution is -0.294. The lowest BCUT2D eigenvalue weighted by Gasteiger charge is -2.44. The summed E-state index contributed by atoms with van der Waals surface area (Å²) < 4.78 is 44.6. The molecule has 0 unspecified atom stereocenters. The number of pyridine rings is 1. The third-order valence-corrected chi connectivity index (χ3v) is 3.39. The first-order valence-corrected chi connectivity index (χ1v) is 6.65. The van der Waals surface area contributed by atoms with Gasteiger partial charge in [0.2, 0.25) is 0 Å². The van der Waals surface area contributed by atoms with Gasteiger partial charge in [-0.2, -0.15) is 13.2 Å². The second-order valence-electron chi connectivity index (χ2n) is 4.86. The van der Waals surface area contributed by atoms with Crippen molar-refractivity contribution in [1.82, 2.24) is 15.6 Å². The highest BCUT2D eigenvalue weighted by molar-refractivity contribution is 5.83. The van der Waals surface area contributed by atoms with Crippen molar-refractivity contribution < 1.29 is 32.6 Å². The van der Waals surface area contributed by atoms with Gasteiger partial charge >= 0.3 is 18.2 Å². The maximum atomic E-state index is 13.3. The van der Waals surface area contributed by atoms with Crippen molar-refractivity contribution in [3.05, 3.63) is 30.1 Å². The molecule has 1 aromatic heterocycles. The highest BCUT2D eigenvalue weighted by Gasteiger charge is 2.67. The van der Waals surface area contributed by atoms with Crippen molar-refractivity contribution in [3.63, 3.8) is 0 Å². The first-order valence-electron chi connectivity index (χ1n) is 6.65. The second-order valence-corrected chi connectivity index (χ2v) is 4.86. The highest BCUT2D eigenvalue weighted by Crippen LogP contribution is 2.42. The maximum absolute atomic E-state index is 13.3. The molecule has 7 nitrogen and oxygen atoms in total. The Kier molecular flexibility index (Phi) is 4.46. The van der Waals surface area contributed by atoms with Crippen LogP contribution in [0, 0.1) is 5.92 Å². The van der Waals surface area contributed by atoms with Crippen molar-refractivity contribution >= 4 is 12.0 Å². The first kappa shape index (κ1) is 17.0. The molecule has 1 aliphatic rings. The molecular weight excluding hydrogens is 319 g/mol. The molecule has 1 fully saturated rings. The summed E-state index contributed by atoms with van der Waals surface area (Å²) in [4.78, 5) is 27.4. The van der Waals surface area contributed by atoms with E-state index in [4.69, 9.17) is 0 Å². The number of alkyl halides is 3. The minimum absolute atomic E-state index is 0.128. The van der Waals surface area contributed by atoms with Crippen LogP contribution >= 0.6 is 0 Å². The van der Waals surface area contributed by atoms with E-state index in [1.807, 2.05) is 0 Å². The molecule has 1 aliphatic heterocycles. The molecule has 3 atom stereocenters. The number of nitrogens with zero attached hydrogens (tertiary/aromatic N) is 1. The van der Waals surface area contributed by atoms with Crippen LogP contribution < -0.4 is 10.6 Å². The highest BCUT2D eigenvalue weighted by atomic mass is 19.4. The van der Waals surface area contributed by atoms with E-state index in [-0.39, 0.29) is 12.2 Å². The van der Waals surface area contributed by atoms with Gasteiger partial charge in [0.15, 0.2) is 0 Å². The van der Waals surface area contributed by atoms with E-state index in [1.54, 1.807) is 0 Å². The van der Waals surface area contributed by atoms with E-state index in [2.05, 4.69) is 15.0 Å². The van der Waals surface area contributed by atoms with E-state index in [0.717, 1.165) is 0 Å². The molecule has 2 rings (SSSR count). The Hall–Kier alpha value is -2.36. The van der Waals surface area contributed by atoms with Gasteiger partial charge in [0.05, 0.1) is 12.6 Å². The summed E-state index contributed by atoms with van der Waals surface area (Å²) in [5, 5.41) is 13.6. The topological polar surface area (TPSA) is 101 Å². The van der Waals surface area contributed by atoms with Crippen molar-refractivity contribution in [2.45, 2.75) is 24.9 Å². The quantitative estimate of drug-likeness (QED) is 0.713. The Morgan fingerprint density at radius 3 is 2.74 bits per heavy atom. The van der Waals surface area contributed by atoms with Crippen molar-refractivity contribution in [2.75, 3.05) is 6.61 Å². The zero-order valence-corrected chi connectivity index (χ0v) is 11.9. The predicted octanol–water partition coefficient (Wildman–Crippen LogP) is 0.866. The normalized spacial score (nSPS) is 27.8. The van der Waals surface area contributed by atoms with Crippen molar-refractivity contribution in [3.8, 4) is 0 Å². The maximum Gasteiger partial charge on any atom is 0.437 e. The molecule has 2 amide bonds. The molecule has 0 aromatic carbocycles.